The first kappa shape index (κ1) is 23.4. The lowest BCUT2D eigenvalue weighted by Crippen LogP contribution is -2.27. The average molecular weight is 507 g/mol. The number of carbonyl (C=O) groups is 1. The van der Waals surface area contributed by atoms with Crippen LogP contribution in [0.3, 0.4) is 0 Å². The number of hydrogen-bond acceptors (Lipinski definition) is 6. The first-order valence-electron chi connectivity index (χ1n) is 12.0. The molecule has 38 heavy (non-hydrogen) atoms. The number of halogens is 1. The molecule has 0 spiro atoms. The number of nitrogens with one attached hydrogen (secondary N) is 3. The maximum atomic E-state index is 16.1. The van der Waals surface area contributed by atoms with Gasteiger partial charge in [0, 0.05) is 46.9 Å². The van der Waals surface area contributed by atoms with E-state index in [9.17, 15) is 4.79 Å². The van der Waals surface area contributed by atoms with E-state index in [2.05, 4.69) is 35.5 Å². The van der Waals surface area contributed by atoms with E-state index in [0.29, 0.717) is 50.4 Å². The number of nitrogens with zero attached hydrogens (tertiary/aromatic N) is 5. The van der Waals surface area contributed by atoms with Crippen LogP contribution in [0.1, 0.15) is 20.8 Å². The van der Waals surface area contributed by atoms with E-state index < -0.39 is 11.2 Å². The van der Waals surface area contributed by atoms with Gasteiger partial charge in [0.05, 0.1) is 34.0 Å². The fraction of sp³-hybridized carbons (Fsp3) is 0.143. The van der Waals surface area contributed by atoms with Gasteiger partial charge in [0.2, 0.25) is 5.91 Å². The Morgan fingerprint density at radius 2 is 1.79 bits per heavy atom. The smallest absolute Gasteiger partial charge is 0.229 e. The molecule has 3 N–H and O–H groups in total. The number of rotatable bonds is 4. The Morgan fingerprint density at radius 3 is 2.58 bits per heavy atom. The summed E-state index contributed by atoms with van der Waals surface area (Å²) >= 11 is 0. The van der Waals surface area contributed by atoms with Crippen LogP contribution >= 0.6 is 0 Å². The van der Waals surface area contributed by atoms with Crippen molar-refractivity contribution in [1.29, 1.82) is 0 Å². The van der Waals surface area contributed by atoms with Crippen LogP contribution in [0.4, 0.5) is 10.1 Å². The molecular formula is C28H23FN8O. The summed E-state index contributed by atoms with van der Waals surface area (Å²) in [5, 5.41) is 10.4. The largest absolute Gasteiger partial charge is 0.336 e. The lowest BCUT2D eigenvalue weighted by Gasteiger charge is -2.17. The van der Waals surface area contributed by atoms with Crippen molar-refractivity contribution in [2.24, 2.45) is 5.41 Å². The van der Waals surface area contributed by atoms with Gasteiger partial charge in [0.25, 0.3) is 0 Å². The number of pyridine rings is 3. The number of aromatic nitrogens is 7. The van der Waals surface area contributed by atoms with Gasteiger partial charge in [0.15, 0.2) is 5.82 Å². The zero-order chi connectivity index (χ0) is 26.4. The molecule has 0 saturated carbocycles. The van der Waals surface area contributed by atoms with Crippen LogP contribution in [0.25, 0.3) is 55.8 Å². The number of amides is 1. The fourth-order valence-electron chi connectivity index (χ4n) is 4.20. The molecule has 1 aromatic carbocycles. The highest BCUT2D eigenvalue weighted by Crippen LogP contribution is 2.35. The number of benzene rings is 1. The first-order valence-corrected chi connectivity index (χ1v) is 12.0. The molecule has 9 nitrogen and oxygen atoms in total. The normalized spacial score (nSPS) is 11.8. The standard InChI is InChI=1S/C28H23FN8O/c1-28(2,3)27(38)33-17-11-16(13-31-14-17)18-6-7-19-21(22(18)29)25(37-36-19)26-34-20-8-10-32-23(24(20)35-26)15-5-4-9-30-12-15/h4-14H,1-3H3,(H,33,38)(H,34,35)(H,36,37). The van der Waals surface area contributed by atoms with Crippen molar-refractivity contribution in [3.8, 4) is 33.9 Å². The second-order valence-corrected chi connectivity index (χ2v) is 9.97. The molecule has 0 atom stereocenters. The second-order valence-electron chi connectivity index (χ2n) is 9.97. The monoisotopic (exact) mass is 506 g/mol. The molecule has 0 aliphatic rings. The van der Waals surface area contributed by atoms with Crippen LogP contribution in [0.5, 0.6) is 0 Å². The van der Waals surface area contributed by atoms with Crippen LogP contribution in [0, 0.1) is 11.2 Å². The molecule has 0 unspecified atom stereocenters. The Balaban J connectivity index is 1.44. The maximum absolute atomic E-state index is 16.1. The minimum absolute atomic E-state index is 0.158. The van der Waals surface area contributed by atoms with Gasteiger partial charge in [-0.3, -0.25) is 24.8 Å². The fourth-order valence-corrected chi connectivity index (χ4v) is 4.20. The molecule has 1 amide bonds. The molecule has 5 heterocycles. The van der Waals surface area contributed by atoms with Crippen LogP contribution in [0.15, 0.2) is 67.4 Å². The zero-order valence-corrected chi connectivity index (χ0v) is 20.9. The Hall–Kier alpha value is -4.99. The molecular weight excluding hydrogens is 483 g/mol. The number of aromatic amines is 2. The molecule has 0 bridgehead atoms. The van der Waals surface area contributed by atoms with Gasteiger partial charge in [-0.05, 0) is 36.4 Å². The summed E-state index contributed by atoms with van der Waals surface area (Å²) in [7, 11) is 0. The van der Waals surface area contributed by atoms with Crippen molar-refractivity contribution in [3.05, 3.63) is 73.2 Å². The number of anilines is 1. The highest BCUT2D eigenvalue weighted by molar-refractivity contribution is 5.99. The van der Waals surface area contributed by atoms with E-state index in [-0.39, 0.29) is 5.91 Å². The van der Waals surface area contributed by atoms with Gasteiger partial charge in [-0.15, -0.1) is 0 Å². The van der Waals surface area contributed by atoms with Crippen molar-refractivity contribution in [2.75, 3.05) is 5.32 Å². The van der Waals surface area contributed by atoms with Crippen LogP contribution in [-0.2, 0) is 4.79 Å². The lowest BCUT2D eigenvalue weighted by atomic mass is 9.95. The highest BCUT2D eigenvalue weighted by Gasteiger charge is 2.23. The van der Waals surface area contributed by atoms with Gasteiger partial charge in [-0.25, -0.2) is 9.37 Å². The van der Waals surface area contributed by atoms with E-state index in [1.165, 1.54) is 6.20 Å². The van der Waals surface area contributed by atoms with E-state index in [4.69, 9.17) is 4.98 Å². The summed E-state index contributed by atoms with van der Waals surface area (Å²) in [4.78, 5) is 33.3. The maximum Gasteiger partial charge on any atom is 0.229 e. The Labute approximate surface area is 216 Å². The van der Waals surface area contributed by atoms with Crippen molar-refractivity contribution in [1.82, 2.24) is 35.1 Å². The zero-order valence-electron chi connectivity index (χ0n) is 20.9. The Kier molecular flexibility index (Phi) is 5.45. The van der Waals surface area contributed by atoms with Crippen molar-refractivity contribution >= 4 is 33.5 Å². The highest BCUT2D eigenvalue weighted by atomic mass is 19.1. The van der Waals surface area contributed by atoms with Crippen LogP contribution in [0.2, 0.25) is 0 Å². The van der Waals surface area contributed by atoms with Gasteiger partial charge in [0.1, 0.15) is 17.0 Å². The summed E-state index contributed by atoms with van der Waals surface area (Å²) in [5.41, 5.74) is 4.50. The summed E-state index contributed by atoms with van der Waals surface area (Å²) in [6.07, 6.45) is 8.20. The molecule has 0 saturated heterocycles. The number of H-pyrrole nitrogens is 2. The topological polar surface area (TPSA) is 125 Å². The predicted molar refractivity (Wildman–Crippen MR) is 143 cm³/mol. The van der Waals surface area contributed by atoms with Crippen molar-refractivity contribution < 1.29 is 9.18 Å². The van der Waals surface area contributed by atoms with Crippen molar-refractivity contribution in [3.63, 3.8) is 0 Å². The van der Waals surface area contributed by atoms with Crippen molar-refractivity contribution in [2.45, 2.75) is 20.8 Å². The van der Waals surface area contributed by atoms with E-state index in [1.807, 2.05) is 39.0 Å². The predicted octanol–water partition coefficient (Wildman–Crippen LogP) is 5.75. The van der Waals surface area contributed by atoms with Gasteiger partial charge in [-0.1, -0.05) is 20.8 Å². The first-order chi connectivity index (χ1) is 18.3. The van der Waals surface area contributed by atoms with E-state index >= 15 is 4.39 Å². The summed E-state index contributed by atoms with van der Waals surface area (Å²) in [6, 6.07) is 10.7. The molecule has 0 aliphatic carbocycles. The minimum Gasteiger partial charge on any atom is -0.336 e. The molecule has 6 rings (SSSR count). The number of fused-ring (bicyclic) bond motifs is 2. The third-order valence-electron chi connectivity index (χ3n) is 6.22. The third-order valence-corrected chi connectivity index (χ3v) is 6.22. The Bertz CT molecular complexity index is 1820. The van der Waals surface area contributed by atoms with Crippen LogP contribution < -0.4 is 5.32 Å². The average Bonchev–Trinajstić information content (AvgIpc) is 3.54. The third kappa shape index (κ3) is 4.05. The summed E-state index contributed by atoms with van der Waals surface area (Å²) in [6.45, 7) is 5.46. The molecule has 5 aromatic heterocycles. The SMILES string of the molecule is CC(C)(C)C(=O)Nc1cncc(-c2ccc3[nH]nc(-c4nc5c(-c6cccnc6)nccc5[nH]4)c3c2F)c1. The summed E-state index contributed by atoms with van der Waals surface area (Å²) < 4.78 is 16.1. The van der Waals surface area contributed by atoms with Gasteiger partial charge in [-0.2, -0.15) is 5.10 Å². The molecule has 0 aliphatic heterocycles. The minimum atomic E-state index is -0.579. The second kappa shape index (κ2) is 8.84. The van der Waals surface area contributed by atoms with Gasteiger partial charge >= 0.3 is 0 Å². The molecule has 10 heteroatoms. The van der Waals surface area contributed by atoms with Crippen LogP contribution in [-0.4, -0.2) is 41.0 Å². The lowest BCUT2D eigenvalue weighted by molar-refractivity contribution is -0.123. The van der Waals surface area contributed by atoms with E-state index in [0.717, 1.165) is 11.1 Å². The number of hydrogen-bond donors (Lipinski definition) is 3. The van der Waals surface area contributed by atoms with Gasteiger partial charge < -0.3 is 10.3 Å². The summed E-state index contributed by atoms with van der Waals surface area (Å²) in [5.74, 6) is -0.224. The molecule has 6 aromatic rings. The molecule has 188 valence electrons. The molecule has 0 fully saturated rings. The molecule has 0 radical (unpaired) electrons. The van der Waals surface area contributed by atoms with E-state index in [1.54, 1.807) is 43.0 Å². The number of imidazole rings is 1. The quantitative estimate of drug-likeness (QED) is 0.280. The Morgan fingerprint density at radius 1 is 0.947 bits per heavy atom. The number of carbonyl (C=O) groups excluding carboxylic acids is 1.